The maximum absolute atomic E-state index is 4.73. The van der Waals surface area contributed by atoms with Gasteiger partial charge in [0.15, 0.2) is 5.82 Å². The minimum Gasteiger partial charge on any atom is -0.263 e. The molecule has 1 aromatic rings. The number of nitrogens with zero attached hydrogens (tertiary/aromatic N) is 2. The summed E-state index contributed by atoms with van der Waals surface area (Å²) in [5, 5.41) is 7.59. The fourth-order valence-corrected chi connectivity index (χ4v) is 2.86. The first-order valence-corrected chi connectivity index (χ1v) is 6.77. The Labute approximate surface area is 97.1 Å². The molecule has 88 valence electrons. The largest absolute Gasteiger partial charge is 0.263 e. The fraction of sp³-hybridized carbons (Fsp3) is 0.846. The predicted octanol–water partition coefficient (Wildman–Crippen LogP) is 3.37. The molecule has 3 nitrogen and oxygen atoms in total. The Morgan fingerprint density at radius 1 is 1.12 bits per heavy atom. The minimum atomic E-state index is 0.564. The molecule has 2 aliphatic rings. The maximum Gasteiger partial charge on any atom is 0.153 e. The first-order chi connectivity index (χ1) is 7.84. The average Bonchev–Trinajstić information content (AvgIpc) is 3.07. The Bertz CT molecular complexity index is 348. The highest BCUT2D eigenvalue weighted by Crippen LogP contribution is 2.41. The van der Waals surface area contributed by atoms with Crippen molar-refractivity contribution in [2.75, 3.05) is 0 Å². The van der Waals surface area contributed by atoms with Gasteiger partial charge in [-0.3, -0.25) is 5.10 Å². The van der Waals surface area contributed by atoms with Crippen LogP contribution in [0.3, 0.4) is 0 Å². The molecular formula is C13H21N3. The van der Waals surface area contributed by atoms with Crippen LogP contribution in [-0.4, -0.2) is 15.2 Å². The van der Waals surface area contributed by atoms with Gasteiger partial charge in [0.05, 0.1) is 0 Å². The van der Waals surface area contributed by atoms with Crippen LogP contribution in [0.5, 0.6) is 0 Å². The quantitative estimate of drug-likeness (QED) is 0.846. The Kier molecular flexibility index (Phi) is 2.70. The van der Waals surface area contributed by atoms with Gasteiger partial charge in [0, 0.05) is 11.8 Å². The van der Waals surface area contributed by atoms with E-state index in [-0.39, 0.29) is 0 Å². The molecule has 0 aromatic carbocycles. The van der Waals surface area contributed by atoms with Crippen LogP contribution < -0.4 is 0 Å². The van der Waals surface area contributed by atoms with Crippen molar-refractivity contribution in [3.63, 3.8) is 0 Å². The molecule has 1 N–H and O–H groups in total. The van der Waals surface area contributed by atoms with Gasteiger partial charge in [-0.1, -0.05) is 26.2 Å². The molecule has 16 heavy (non-hydrogen) atoms. The monoisotopic (exact) mass is 219 g/mol. The van der Waals surface area contributed by atoms with E-state index in [1.165, 1.54) is 44.9 Å². The van der Waals surface area contributed by atoms with Crippen molar-refractivity contribution in [2.45, 2.75) is 63.7 Å². The molecule has 0 bridgehead atoms. The third-order valence-corrected chi connectivity index (χ3v) is 4.25. The van der Waals surface area contributed by atoms with Gasteiger partial charge in [0.2, 0.25) is 0 Å². The van der Waals surface area contributed by atoms with Crippen molar-refractivity contribution < 1.29 is 0 Å². The molecule has 0 amide bonds. The molecule has 1 heterocycles. The van der Waals surface area contributed by atoms with E-state index in [2.05, 4.69) is 17.1 Å². The van der Waals surface area contributed by atoms with Crippen LogP contribution in [0.2, 0.25) is 0 Å². The van der Waals surface area contributed by atoms with Crippen LogP contribution in [0.4, 0.5) is 0 Å². The van der Waals surface area contributed by atoms with Gasteiger partial charge in [-0.05, 0) is 31.6 Å². The smallest absolute Gasteiger partial charge is 0.153 e. The van der Waals surface area contributed by atoms with Crippen LogP contribution in [0, 0.1) is 5.92 Å². The normalized spacial score (nSPS) is 24.6. The molecule has 1 atom stereocenters. The van der Waals surface area contributed by atoms with Crippen molar-refractivity contribution >= 4 is 0 Å². The van der Waals surface area contributed by atoms with Gasteiger partial charge in [0.25, 0.3) is 0 Å². The summed E-state index contributed by atoms with van der Waals surface area (Å²) in [7, 11) is 0. The zero-order valence-corrected chi connectivity index (χ0v) is 10.1. The highest BCUT2D eigenvalue weighted by molar-refractivity contribution is 5.05. The summed E-state index contributed by atoms with van der Waals surface area (Å²) in [6.45, 7) is 2.27. The van der Waals surface area contributed by atoms with Crippen LogP contribution in [0.15, 0.2) is 0 Å². The van der Waals surface area contributed by atoms with E-state index < -0.39 is 0 Å². The lowest BCUT2D eigenvalue weighted by atomic mass is 9.89. The molecule has 3 rings (SSSR count). The number of aromatic amines is 1. The SMILES string of the molecule is CC(c1n[nH]c(C2CCCCC2)n1)C1CC1. The van der Waals surface area contributed by atoms with Gasteiger partial charge in [-0.2, -0.15) is 5.10 Å². The van der Waals surface area contributed by atoms with E-state index >= 15 is 0 Å². The summed E-state index contributed by atoms with van der Waals surface area (Å²) >= 11 is 0. The highest BCUT2D eigenvalue weighted by Gasteiger charge is 2.32. The van der Waals surface area contributed by atoms with Crippen molar-refractivity contribution in [3.8, 4) is 0 Å². The lowest BCUT2D eigenvalue weighted by molar-refractivity contribution is 0.429. The number of H-pyrrole nitrogens is 1. The number of rotatable bonds is 3. The summed E-state index contributed by atoms with van der Waals surface area (Å²) in [6.07, 6.45) is 9.45. The summed E-state index contributed by atoms with van der Waals surface area (Å²) in [5.41, 5.74) is 0. The molecular weight excluding hydrogens is 198 g/mol. The average molecular weight is 219 g/mol. The molecule has 2 saturated carbocycles. The molecule has 2 fully saturated rings. The molecule has 2 aliphatic carbocycles. The first kappa shape index (κ1) is 10.3. The zero-order chi connectivity index (χ0) is 11.0. The highest BCUT2D eigenvalue weighted by atomic mass is 15.2. The van der Waals surface area contributed by atoms with E-state index in [0.29, 0.717) is 11.8 Å². The molecule has 1 unspecified atom stereocenters. The predicted molar refractivity (Wildman–Crippen MR) is 63.3 cm³/mol. The zero-order valence-electron chi connectivity index (χ0n) is 10.1. The van der Waals surface area contributed by atoms with Crippen LogP contribution in [0.1, 0.15) is 75.4 Å². The van der Waals surface area contributed by atoms with Gasteiger partial charge in [-0.15, -0.1) is 0 Å². The van der Waals surface area contributed by atoms with E-state index in [1.807, 2.05) is 0 Å². The van der Waals surface area contributed by atoms with Crippen molar-refractivity contribution in [1.82, 2.24) is 15.2 Å². The summed E-state index contributed by atoms with van der Waals surface area (Å²) in [4.78, 5) is 4.73. The summed E-state index contributed by atoms with van der Waals surface area (Å²) < 4.78 is 0. The Hall–Kier alpha value is -0.860. The lowest BCUT2D eigenvalue weighted by Gasteiger charge is -2.18. The standard InChI is InChI=1S/C13H21N3/c1-9(10-7-8-10)12-14-13(16-15-12)11-5-3-2-4-6-11/h9-11H,2-8H2,1H3,(H,14,15,16). The lowest BCUT2D eigenvalue weighted by Crippen LogP contribution is -2.06. The molecule has 0 spiro atoms. The third-order valence-electron chi connectivity index (χ3n) is 4.25. The van der Waals surface area contributed by atoms with Crippen molar-refractivity contribution in [1.29, 1.82) is 0 Å². The Morgan fingerprint density at radius 2 is 1.88 bits per heavy atom. The van der Waals surface area contributed by atoms with E-state index in [1.54, 1.807) is 0 Å². The molecule has 0 saturated heterocycles. The molecule has 1 aromatic heterocycles. The van der Waals surface area contributed by atoms with Crippen LogP contribution >= 0.6 is 0 Å². The summed E-state index contributed by atoms with van der Waals surface area (Å²) in [6, 6.07) is 0. The Balaban J connectivity index is 1.70. The maximum atomic E-state index is 4.73. The fourth-order valence-electron chi connectivity index (χ4n) is 2.86. The third kappa shape index (κ3) is 2.00. The second-order valence-electron chi connectivity index (χ2n) is 5.54. The number of hydrogen-bond donors (Lipinski definition) is 1. The van der Waals surface area contributed by atoms with Crippen LogP contribution in [-0.2, 0) is 0 Å². The van der Waals surface area contributed by atoms with E-state index in [0.717, 1.165) is 17.6 Å². The van der Waals surface area contributed by atoms with Gasteiger partial charge < -0.3 is 0 Å². The first-order valence-electron chi connectivity index (χ1n) is 6.77. The second-order valence-corrected chi connectivity index (χ2v) is 5.54. The van der Waals surface area contributed by atoms with Crippen molar-refractivity contribution in [3.05, 3.63) is 11.6 Å². The topological polar surface area (TPSA) is 41.6 Å². The van der Waals surface area contributed by atoms with Crippen LogP contribution in [0.25, 0.3) is 0 Å². The second kappa shape index (κ2) is 4.19. The Morgan fingerprint density at radius 3 is 2.56 bits per heavy atom. The number of aromatic nitrogens is 3. The van der Waals surface area contributed by atoms with Gasteiger partial charge in [0.1, 0.15) is 5.82 Å². The van der Waals surface area contributed by atoms with E-state index in [4.69, 9.17) is 4.98 Å². The number of hydrogen-bond acceptors (Lipinski definition) is 2. The molecule has 3 heteroatoms. The van der Waals surface area contributed by atoms with Gasteiger partial charge >= 0.3 is 0 Å². The molecule has 0 radical (unpaired) electrons. The summed E-state index contributed by atoms with van der Waals surface area (Å²) in [5.74, 6) is 4.29. The minimum absolute atomic E-state index is 0.564. The van der Waals surface area contributed by atoms with E-state index in [9.17, 15) is 0 Å². The number of nitrogens with one attached hydrogen (secondary N) is 1. The molecule has 0 aliphatic heterocycles. The van der Waals surface area contributed by atoms with Crippen molar-refractivity contribution in [2.24, 2.45) is 5.92 Å². The van der Waals surface area contributed by atoms with Gasteiger partial charge in [-0.25, -0.2) is 4.98 Å².